The molecule has 3 atom stereocenters. The zero-order chi connectivity index (χ0) is 23.1. The first-order valence-electron chi connectivity index (χ1n) is 10.9. The molecule has 0 spiro atoms. The van der Waals surface area contributed by atoms with Crippen LogP contribution in [0.2, 0.25) is 0 Å². The van der Waals surface area contributed by atoms with Gasteiger partial charge < -0.3 is 0 Å². The van der Waals surface area contributed by atoms with Crippen molar-refractivity contribution < 1.29 is 9.72 Å². The minimum Gasteiger partial charge on any atom is -0.265 e. The molecule has 5 rings (SSSR count). The van der Waals surface area contributed by atoms with Crippen molar-refractivity contribution in [2.45, 2.75) is 39.3 Å². The zero-order valence-electron chi connectivity index (χ0n) is 18.2. The highest BCUT2D eigenvalue weighted by Gasteiger charge is 2.47. The van der Waals surface area contributed by atoms with E-state index < -0.39 is 10.8 Å². The number of hydrogen-bond donors (Lipinski definition) is 0. The van der Waals surface area contributed by atoms with Gasteiger partial charge in [-0.05, 0) is 60.2 Å². The van der Waals surface area contributed by atoms with E-state index in [2.05, 4.69) is 24.2 Å². The summed E-state index contributed by atoms with van der Waals surface area (Å²) in [4.78, 5) is 26.9. The van der Waals surface area contributed by atoms with E-state index >= 15 is 0 Å². The van der Waals surface area contributed by atoms with Crippen LogP contribution in [0.15, 0.2) is 51.9 Å². The van der Waals surface area contributed by atoms with Gasteiger partial charge in [0.2, 0.25) is 5.69 Å². The molecule has 2 aliphatic rings. The fraction of sp³-hybridized carbons (Fsp3) is 0.348. The predicted molar refractivity (Wildman–Crippen MR) is 129 cm³/mol. The Balaban J connectivity index is 1.61. The quantitative estimate of drug-likeness (QED) is 0.349. The second kappa shape index (κ2) is 8.68. The van der Waals surface area contributed by atoms with Crippen LogP contribution in [-0.2, 0) is 6.54 Å². The monoisotopic (exact) mass is 481 g/mol. The van der Waals surface area contributed by atoms with Crippen molar-refractivity contribution in [2.24, 2.45) is 16.9 Å². The number of carbonyl (C=O) groups excluding carboxylic acids is 1. The second-order valence-corrected chi connectivity index (χ2v) is 10.4. The highest BCUT2D eigenvalue weighted by atomic mass is 32.1. The van der Waals surface area contributed by atoms with Crippen LogP contribution < -0.4 is 0 Å². The molecule has 0 N–H and O–H groups in total. The van der Waals surface area contributed by atoms with Gasteiger partial charge in [0, 0.05) is 22.2 Å². The lowest BCUT2D eigenvalue weighted by Gasteiger charge is -2.31. The van der Waals surface area contributed by atoms with Gasteiger partial charge in [-0.25, -0.2) is 5.01 Å². The Morgan fingerprint density at radius 1 is 1.30 bits per heavy atom. The molecule has 0 unspecified atom stereocenters. The molecule has 8 nitrogen and oxygen atoms in total. The molecule has 0 saturated heterocycles. The number of rotatable bonds is 5. The molecule has 1 aliphatic heterocycles. The van der Waals surface area contributed by atoms with Crippen LogP contribution in [0, 0.1) is 22.0 Å². The average molecular weight is 482 g/mol. The van der Waals surface area contributed by atoms with Crippen LogP contribution in [0.25, 0.3) is 6.08 Å². The molecule has 3 aromatic heterocycles. The molecule has 1 aliphatic carbocycles. The Morgan fingerprint density at radius 3 is 2.76 bits per heavy atom. The number of hydrogen-bond acceptors (Lipinski definition) is 7. The van der Waals surface area contributed by atoms with Gasteiger partial charge in [-0.15, -0.1) is 22.7 Å². The fourth-order valence-corrected chi connectivity index (χ4v) is 6.26. The molecule has 170 valence electrons. The maximum atomic E-state index is 13.7. The third kappa shape index (κ3) is 3.93. The Labute approximate surface area is 199 Å². The molecule has 3 aromatic rings. The molecule has 0 radical (unpaired) electrons. The van der Waals surface area contributed by atoms with Crippen LogP contribution in [0.5, 0.6) is 0 Å². The topological polar surface area (TPSA) is 93.6 Å². The fourth-order valence-electron chi connectivity index (χ4n) is 4.71. The third-order valence-corrected chi connectivity index (χ3v) is 7.90. The summed E-state index contributed by atoms with van der Waals surface area (Å²) >= 11 is 3.24. The number of hydrazone groups is 1. The molecule has 10 heteroatoms. The van der Waals surface area contributed by atoms with Crippen molar-refractivity contribution in [1.82, 2.24) is 14.8 Å². The van der Waals surface area contributed by atoms with E-state index in [1.807, 2.05) is 35.9 Å². The second-order valence-electron chi connectivity index (χ2n) is 8.41. The van der Waals surface area contributed by atoms with Crippen LogP contribution in [-0.4, -0.2) is 31.3 Å². The van der Waals surface area contributed by atoms with Crippen molar-refractivity contribution in [3.63, 3.8) is 0 Å². The van der Waals surface area contributed by atoms with Crippen LogP contribution in [0.3, 0.4) is 0 Å². The normalized spacial score (nSPS) is 23.6. The Kier molecular flexibility index (Phi) is 5.71. The number of thiophene rings is 2. The Bertz CT molecular complexity index is 1240. The van der Waals surface area contributed by atoms with Gasteiger partial charge in [0.25, 0.3) is 0 Å². The van der Waals surface area contributed by atoms with E-state index in [-0.39, 0.29) is 23.3 Å². The van der Waals surface area contributed by atoms with E-state index in [1.165, 1.54) is 15.9 Å². The van der Waals surface area contributed by atoms with E-state index in [0.29, 0.717) is 12.5 Å². The van der Waals surface area contributed by atoms with Gasteiger partial charge in [-0.2, -0.15) is 10.2 Å². The summed E-state index contributed by atoms with van der Waals surface area (Å²) in [6.07, 6.45) is 5.27. The molecule has 33 heavy (non-hydrogen) atoms. The van der Waals surface area contributed by atoms with Crippen molar-refractivity contribution >= 4 is 46.1 Å². The number of fused-ring (bicyclic) bond motifs is 1. The molecule has 1 amide bonds. The first kappa shape index (κ1) is 21.7. The largest absolute Gasteiger partial charge is 0.320 e. The summed E-state index contributed by atoms with van der Waals surface area (Å²) in [5, 5.41) is 26.2. The van der Waals surface area contributed by atoms with E-state index in [0.717, 1.165) is 33.9 Å². The lowest BCUT2D eigenvalue weighted by molar-refractivity contribution is -0.385. The highest BCUT2D eigenvalue weighted by molar-refractivity contribution is 7.11. The van der Waals surface area contributed by atoms with Gasteiger partial charge in [0.15, 0.2) is 0 Å². The van der Waals surface area contributed by atoms with Gasteiger partial charge >= 0.3 is 11.6 Å². The number of carbonyl (C=O) groups is 1. The van der Waals surface area contributed by atoms with Crippen LogP contribution in [0.1, 0.15) is 53.0 Å². The van der Waals surface area contributed by atoms with Crippen LogP contribution in [0.4, 0.5) is 5.69 Å². The van der Waals surface area contributed by atoms with Gasteiger partial charge in [-0.1, -0.05) is 19.1 Å². The standard InChI is InChI=1S/C23H23N5O3S2/c1-3-26-13-18(28(30)31)21(24-26)23(29)27-22(19-7-5-9-33-19)17-11-14(2)10-15(20(17)25-27)12-16-6-4-8-32-16/h4-9,12-14,17,22H,3,10-11H2,1-2H3/b15-12+/t14-,17+,22+/m0/s1. The maximum absolute atomic E-state index is 13.7. The Hall–Kier alpha value is -3.11. The minimum absolute atomic E-state index is 0.0369. The summed E-state index contributed by atoms with van der Waals surface area (Å²) in [6, 6.07) is 7.76. The van der Waals surface area contributed by atoms with E-state index in [1.54, 1.807) is 22.7 Å². The molecule has 0 bridgehead atoms. The first-order valence-corrected chi connectivity index (χ1v) is 12.6. The zero-order valence-corrected chi connectivity index (χ0v) is 19.9. The summed E-state index contributed by atoms with van der Waals surface area (Å²) in [5.74, 6) is -0.0569. The lowest BCUT2D eigenvalue weighted by Crippen LogP contribution is -2.33. The third-order valence-electron chi connectivity index (χ3n) is 6.13. The van der Waals surface area contributed by atoms with Gasteiger partial charge in [0.05, 0.1) is 16.7 Å². The lowest BCUT2D eigenvalue weighted by atomic mass is 9.74. The first-order chi connectivity index (χ1) is 16.0. The number of aryl methyl sites for hydroxylation is 1. The molecular weight excluding hydrogens is 458 g/mol. The van der Waals surface area contributed by atoms with Gasteiger partial charge in [0.1, 0.15) is 6.20 Å². The maximum Gasteiger partial charge on any atom is 0.320 e. The number of nitrogens with zero attached hydrogens (tertiary/aromatic N) is 5. The molecule has 4 heterocycles. The number of aromatic nitrogens is 2. The molecule has 1 fully saturated rings. The SMILES string of the molecule is CCn1cc([N+](=O)[O-])c(C(=O)N2N=C3/C(=C/c4cccs4)C[C@H](C)C[C@H]3[C@@H]2c2cccs2)n1. The number of allylic oxidation sites excluding steroid dienone is 1. The Morgan fingerprint density at radius 2 is 2.09 bits per heavy atom. The van der Waals surface area contributed by atoms with Crippen molar-refractivity contribution in [1.29, 1.82) is 0 Å². The average Bonchev–Trinajstić information content (AvgIpc) is 3.58. The highest BCUT2D eigenvalue weighted by Crippen LogP contribution is 2.47. The van der Waals surface area contributed by atoms with Crippen molar-refractivity contribution in [3.8, 4) is 0 Å². The summed E-state index contributed by atoms with van der Waals surface area (Å²) in [7, 11) is 0. The molecule has 0 aromatic carbocycles. The van der Waals surface area contributed by atoms with E-state index in [9.17, 15) is 14.9 Å². The summed E-state index contributed by atoms with van der Waals surface area (Å²) in [5.41, 5.74) is 1.59. The predicted octanol–water partition coefficient (Wildman–Crippen LogP) is 5.62. The smallest absolute Gasteiger partial charge is 0.265 e. The van der Waals surface area contributed by atoms with Crippen LogP contribution >= 0.6 is 22.7 Å². The van der Waals surface area contributed by atoms with Crippen molar-refractivity contribution in [3.05, 3.63) is 72.4 Å². The molecule has 1 saturated carbocycles. The number of nitro groups is 1. The summed E-state index contributed by atoms with van der Waals surface area (Å²) < 4.78 is 1.42. The van der Waals surface area contributed by atoms with Crippen molar-refractivity contribution in [2.75, 3.05) is 0 Å². The van der Waals surface area contributed by atoms with E-state index in [4.69, 9.17) is 5.10 Å². The minimum atomic E-state index is -0.549. The molecular formula is C23H23N5O3S2. The van der Waals surface area contributed by atoms with Gasteiger partial charge in [-0.3, -0.25) is 19.6 Å². The number of amides is 1. The summed E-state index contributed by atoms with van der Waals surface area (Å²) in [6.45, 7) is 4.49.